The van der Waals surface area contributed by atoms with Crippen LogP contribution in [0.25, 0.3) is 33.2 Å². The van der Waals surface area contributed by atoms with Gasteiger partial charge in [-0.05, 0) is 143 Å². The summed E-state index contributed by atoms with van der Waals surface area (Å²) in [6.45, 7) is 10.9. The van der Waals surface area contributed by atoms with Gasteiger partial charge in [0.15, 0.2) is 5.78 Å². The lowest BCUT2D eigenvalue weighted by atomic mass is 9.85. The number of fused-ring (bicyclic) bond motifs is 10. The van der Waals surface area contributed by atoms with Gasteiger partial charge in [0.05, 0.1) is 35.3 Å². The van der Waals surface area contributed by atoms with E-state index in [2.05, 4.69) is 51.4 Å². The highest BCUT2D eigenvalue weighted by Crippen LogP contribution is 2.48. The molecule has 7 aromatic rings. The van der Waals surface area contributed by atoms with E-state index in [9.17, 15) is 14.4 Å². The van der Waals surface area contributed by atoms with Gasteiger partial charge >= 0.3 is 0 Å². The number of ketones is 1. The monoisotopic (exact) mass is 850 g/mol. The molecule has 2 aliphatic carbocycles. The van der Waals surface area contributed by atoms with Crippen molar-refractivity contribution in [3.05, 3.63) is 133 Å². The minimum atomic E-state index is -0.628. The number of Topliss-reactive ketones (excluding diaryl/α,β-unsaturated/α-hetero) is 1. The smallest absolute Gasteiger partial charge is 0.237 e. The van der Waals surface area contributed by atoms with Crippen LogP contribution in [0.4, 0.5) is 11.4 Å². The summed E-state index contributed by atoms with van der Waals surface area (Å²) < 4.78 is 0. The van der Waals surface area contributed by atoms with E-state index in [1.54, 1.807) is 0 Å². The summed E-state index contributed by atoms with van der Waals surface area (Å²) in [4.78, 5) is 50.1. The van der Waals surface area contributed by atoms with E-state index in [0.717, 1.165) is 117 Å². The molecule has 4 aliphatic rings. The number of nitrogens with zero attached hydrogens (tertiary/aromatic N) is 3. The van der Waals surface area contributed by atoms with E-state index in [1.165, 1.54) is 16.5 Å². The number of amides is 2. The molecule has 9 nitrogen and oxygen atoms in total. The molecule has 0 fully saturated rings. The molecule has 0 unspecified atom stereocenters. The van der Waals surface area contributed by atoms with Crippen molar-refractivity contribution in [3.8, 4) is 11.4 Å². The van der Waals surface area contributed by atoms with Gasteiger partial charge in [0.1, 0.15) is 5.69 Å². The van der Waals surface area contributed by atoms with Crippen LogP contribution >= 0.6 is 23.2 Å². The number of nitrogens with one attached hydrogen (secondary N) is 3. The normalized spacial score (nSPS) is 17.4. The van der Waals surface area contributed by atoms with Crippen LogP contribution in [-0.4, -0.2) is 37.8 Å². The molecule has 310 valence electrons. The molecule has 0 spiro atoms. The average Bonchev–Trinajstić information content (AvgIpc) is 3.92. The largest absolute Gasteiger partial charge is 0.353 e. The Bertz CT molecular complexity index is 2990. The predicted octanol–water partition coefficient (Wildman–Crippen LogP) is 11.4. The zero-order valence-electron chi connectivity index (χ0n) is 35.1. The Kier molecular flexibility index (Phi) is 9.38. The molecule has 2 aliphatic heterocycles. The lowest BCUT2D eigenvalue weighted by Crippen LogP contribution is -2.35. The van der Waals surface area contributed by atoms with Gasteiger partial charge in [0, 0.05) is 60.9 Å². The molecule has 11 rings (SSSR count). The third-order valence-electron chi connectivity index (χ3n) is 13.6. The van der Waals surface area contributed by atoms with E-state index in [-0.39, 0.29) is 17.6 Å². The van der Waals surface area contributed by atoms with Gasteiger partial charge in [-0.2, -0.15) is 5.10 Å². The summed E-state index contributed by atoms with van der Waals surface area (Å²) in [5.74, 6) is 0.371. The number of carbonyl (C=O) groups excluding carboxylic acids is 3. The van der Waals surface area contributed by atoms with Crippen molar-refractivity contribution in [1.29, 1.82) is 0 Å². The molecule has 0 saturated carbocycles. The minimum Gasteiger partial charge on any atom is -0.353 e. The lowest BCUT2D eigenvalue weighted by Gasteiger charge is -2.21. The second kappa shape index (κ2) is 14.5. The molecule has 3 aromatic heterocycles. The van der Waals surface area contributed by atoms with Crippen molar-refractivity contribution >= 4 is 74.0 Å². The number of aryl methyl sites for hydroxylation is 3. The maximum atomic E-state index is 13.5. The van der Waals surface area contributed by atoms with Gasteiger partial charge in [-0.15, -0.1) is 0 Å². The summed E-state index contributed by atoms with van der Waals surface area (Å²) in [7, 11) is 0. The lowest BCUT2D eigenvalue weighted by molar-refractivity contribution is -0.122. The minimum absolute atomic E-state index is 0.0715. The van der Waals surface area contributed by atoms with Crippen LogP contribution in [0.1, 0.15) is 109 Å². The number of carbonyl (C=O) groups is 3. The number of hydrogen-bond acceptors (Lipinski definition) is 4. The Morgan fingerprint density at radius 2 is 1.10 bits per heavy atom. The Balaban J connectivity index is 0.000000147. The Hall–Kier alpha value is -5.64. The summed E-state index contributed by atoms with van der Waals surface area (Å²) in [5, 5.41) is 11.4. The highest BCUT2D eigenvalue weighted by Gasteiger charge is 2.46. The molecule has 0 bridgehead atoms. The second-order valence-electron chi connectivity index (χ2n) is 18.2. The first-order valence-electron chi connectivity index (χ1n) is 21.3. The summed E-state index contributed by atoms with van der Waals surface area (Å²) in [6, 6.07) is 23.9. The van der Waals surface area contributed by atoms with Gasteiger partial charge in [-0.3, -0.25) is 19.5 Å². The van der Waals surface area contributed by atoms with E-state index in [1.807, 2.05) is 86.0 Å². The zero-order valence-corrected chi connectivity index (χ0v) is 36.6. The predicted molar refractivity (Wildman–Crippen MR) is 244 cm³/mol. The summed E-state index contributed by atoms with van der Waals surface area (Å²) in [5.41, 5.74) is 14.4. The van der Waals surface area contributed by atoms with Crippen LogP contribution in [0.2, 0.25) is 10.0 Å². The maximum absolute atomic E-state index is 13.5. The molecular formula is C50H48Cl2N6O3. The average molecular weight is 852 g/mol. The number of halogens is 2. The fourth-order valence-electron chi connectivity index (χ4n) is 10.1. The third kappa shape index (κ3) is 6.25. The molecule has 0 atom stereocenters. The van der Waals surface area contributed by atoms with Crippen LogP contribution in [0.15, 0.2) is 72.8 Å². The van der Waals surface area contributed by atoms with Crippen molar-refractivity contribution in [1.82, 2.24) is 20.2 Å². The second-order valence-corrected chi connectivity index (χ2v) is 19.0. The third-order valence-corrected chi connectivity index (χ3v) is 14.4. The zero-order chi connectivity index (χ0) is 42.5. The Morgan fingerprint density at radius 3 is 1.66 bits per heavy atom. The standard InChI is InChI=1S/C26H25ClN4O.C24H23ClN2O2/c1-14-16-8-6-9-17-18-11-22-19(12-21(18)28-23(17)24(16)30-29-14)26(2,3)25(32)31(22)13-15-7-4-5-10-20(15)27;1-24(2)17-12-19-16(15-8-4-6-10-21(28)22(15)26-19)11-20(17)27(23(24)29)13-14-7-3-5-9-18(14)25/h4-5,7,10-12,28H,6,8-9,13H2,1-3H3,(H,29,30);3,5,7,9,11-12,26H,4,6,8,10,13H2,1-2H3. The molecule has 5 heterocycles. The van der Waals surface area contributed by atoms with Crippen LogP contribution in [0, 0.1) is 6.92 Å². The van der Waals surface area contributed by atoms with Crippen molar-refractivity contribution in [2.75, 3.05) is 9.80 Å². The summed E-state index contributed by atoms with van der Waals surface area (Å²) >= 11 is 12.8. The van der Waals surface area contributed by atoms with E-state index in [0.29, 0.717) is 29.6 Å². The van der Waals surface area contributed by atoms with Crippen molar-refractivity contribution in [2.45, 2.75) is 103 Å². The van der Waals surface area contributed by atoms with Gasteiger partial charge in [0.2, 0.25) is 11.8 Å². The molecule has 0 radical (unpaired) electrons. The van der Waals surface area contributed by atoms with Crippen molar-refractivity contribution in [2.24, 2.45) is 0 Å². The molecule has 4 aromatic carbocycles. The van der Waals surface area contributed by atoms with Gasteiger partial charge in [-0.25, -0.2) is 0 Å². The van der Waals surface area contributed by atoms with Gasteiger partial charge in [-0.1, -0.05) is 59.6 Å². The molecule has 0 saturated heterocycles. The van der Waals surface area contributed by atoms with Crippen LogP contribution < -0.4 is 9.80 Å². The number of anilines is 2. The van der Waals surface area contributed by atoms with Crippen molar-refractivity contribution < 1.29 is 14.4 Å². The first kappa shape index (κ1) is 39.5. The van der Waals surface area contributed by atoms with E-state index >= 15 is 0 Å². The molecular weight excluding hydrogens is 803 g/mol. The van der Waals surface area contributed by atoms with E-state index < -0.39 is 10.8 Å². The van der Waals surface area contributed by atoms with Gasteiger partial charge < -0.3 is 19.8 Å². The van der Waals surface area contributed by atoms with Crippen LogP contribution in [0.3, 0.4) is 0 Å². The molecule has 3 N–H and O–H groups in total. The fraction of sp³-hybridized carbons (Fsp3) is 0.320. The molecule has 61 heavy (non-hydrogen) atoms. The fourth-order valence-corrected chi connectivity index (χ4v) is 10.5. The summed E-state index contributed by atoms with van der Waals surface area (Å²) in [6.07, 6.45) is 6.53. The SMILES string of the molecule is CC1(C)C(=O)N(Cc2ccccc2Cl)c2cc3c4c([nH]c3cc21)C(=O)CCCC4.Cc1[nH]nc2c1CCCc1c-2[nH]c2cc3c(cc12)N(Cc1ccccc1Cl)C(=O)C3(C)C. The highest BCUT2D eigenvalue weighted by atomic mass is 35.5. The van der Waals surface area contributed by atoms with Crippen LogP contribution in [-0.2, 0) is 52.8 Å². The number of hydrogen-bond donors (Lipinski definition) is 3. The number of benzene rings is 4. The van der Waals surface area contributed by atoms with E-state index in [4.69, 9.17) is 23.2 Å². The number of aromatic amines is 3. The first-order valence-corrected chi connectivity index (χ1v) is 22.1. The molecule has 11 heteroatoms. The topological polar surface area (TPSA) is 118 Å². The Labute approximate surface area is 364 Å². The highest BCUT2D eigenvalue weighted by molar-refractivity contribution is 6.31. The first-order chi connectivity index (χ1) is 29.2. The maximum Gasteiger partial charge on any atom is 0.237 e. The Morgan fingerprint density at radius 1 is 0.623 bits per heavy atom. The quantitative estimate of drug-likeness (QED) is 0.153. The number of aromatic nitrogens is 4. The molecule has 2 amide bonds. The number of rotatable bonds is 4. The van der Waals surface area contributed by atoms with Gasteiger partial charge in [0.25, 0.3) is 0 Å². The number of H-pyrrole nitrogens is 3. The van der Waals surface area contributed by atoms with Crippen molar-refractivity contribution in [3.63, 3.8) is 0 Å². The van der Waals surface area contributed by atoms with Crippen LogP contribution in [0.5, 0.6) is 0 Å².